The van der Waals surface area contributed by atoms with Crippen LogP contribution in [0.25, 0.3) is 11.2 Å². The molecule has 49 heavy (non-hydrogen) atoms. The Balaban J connectivity index is 2.28. The van der Waals surface area contributed by atoms with Gasteiger partial charge in [-0.15, -0.1) is 0 Å². The molecule has 3 atom stereocenters. The van der Waals surface area contributed by atoms with Crippen LogP contribution in [0.3, 0.4) is 0 Å². The fraction of sp³-hybridized carbons (Fsp3) is 0.733. The zero-order valence-corrected chi connectivity index (χ0v) is 30.8. The number of aromatic nitrogens is 4. The number of nitrogens with one attached hydrogen (secondary N) is 2. The van der Waals surface area contributed by atoms with Gasteiger partial charge < -0.3 is 37.5 Å². The van der Waals surface area contributed by atoms with Crippen molar-refractivity contribution in [3.63, 3.8) is 0 Å². The molecule has 0 aromatic carbocycles. The number of anilines is 1. The average molecular weight is 719 g/mol. The number of hydrogen-bond donors (Lipinski definition) is 2. The fourth-order valence-electron chi connectivity index (χ4n) is 4.18. The van der Waals surface area contributed by atoms with Crippen molar-refractivity contribution < 1.29 is 51.9 Å². The predicted molar refractivity (Wildman–Crippen MR) is 178 cm³/mol. The van der Waals surface area contributed by atoms with Gasteiger partial charge in [0.25, 0.3) is 20.6 Å². The van der Waals surface area contributed by atoms with Crippen LogP contribution < -0.4 is 10.9 Å². The van der Waals surface area contributed by atoms with E-state index in [-0.39, 0.29) is 80.8 Å². The van der Waals surface area contributed by atoms with E-state index in [0.29, 0.717) is 0 Å². The smallest absolute Gasteiger partial charge is 0.302 e. The molecule has 0 aliphatic carbocycles. The molecular formula is C30H51N6O12P. The lowest BCUT2D eigenvalue weighted by atomic mass is 10.2. The standard InChI is InChI=1S/C30H51N6O12P/c1-18(2)27(39)33-29-32-26-25(28(40)34-29)31-16-35(26)17-47-21(7)24(48-49(41-10)36(19(3)4)20(5)6)15-46-30(44-13-11-42-22(8)37)45-14-12-43-23(9)38/h16,18-21,24,30H,11-15,17H2,1-10H3,(H2,32,33,34,39,40)/t21-,24-,49?/m1/s1. The van der Waals surface area contributed by atoms with Crippen molar-refractivity contribution in [2.24, 2.45) is 5.92 Å². The lowest BCUT2D eigenvalue weighted by Crippen LogP contribution is -2.39. The quantitative estimate of drug-likeness (QED) is 0.0734. The third kappa shape index (κ3) is 14.4. The first-order valence-corrected chi connectivity index (χ1v) is 17.1. The fourth-order valence-corrected chi connectivity index (χ4v) is 5.79. The number of hydrogen-bond acceptors (Lipinski definition) is 15. The molecule has 2 heterocycles. The van der Waals surface area contributed by atoms with Crippen molar-refractivity contribution in [1.82, 2.24) is 24.2 Å². The second-order valence-electron chi connectivity index (χ2n) is 11.6. The van der Waals surface area contributed by atoms with E-state index in [2.05, 4.69) is 24.9 Å². The third-order valence-electron chi connectivity index (χ3n) is 6.55. The summed E-state index contributed by atoms with van der Waals surface area (Å²) in [5.41, 5.74) is -0.245. The highest BCUT2D eigenvalue weighted by Crippen LogP contribution is 2.46. The molecule has 18 nitrogen and oxygen atoms in total. The van der Waals surface area contributed by atoms with Crippen molar-refractivity contribution in [1.29, 1.82) is 0 Å². The molecule has 2 rings (SSSR count). The minimum absolute atomic E-state index is 0.0118. The Kier molecular flexibility index (Phi) is 18.2. The largest absolute Gasteiger partial charge is 0.463 e. The molecule has 0 aliphatic rings. The first-order chi connectivity index (χ1) is 23.1. The summed E-state index contributed by atoms with van der Waals surface area (Å²) in [6, 6.07) is 0.162. The Morgan fingerprint density at radius 3 is 2.02 bits per heavy atom. The highest BCUT2D eigenvalue weighted by Gasteiger charge is 2.32. The topological polar surface area (TPSA) is 204 Å². The highest BCUT2D eigenvalue weighted by atomic mass is 31.2. The summed E-state index contributed by atoms with van der Waals surface area (Å²) < 4.78 is 49.2. The van der Waals surface area contributed by atoms with E-state index in [1.807, 2.05) is 27.7 Å². The zero-order valence-electron chi connectivity index (χ0n) is 29.9. The SMILES string of the molecule is COP(O[C@H](COC(OCCOC(C)=O)OCCOC(C)=O)[C@@H](C)OCn1cnc2c(=O)[nH]c(NC(=O)C(C)C)nc21)N(C(C)C)C(C)C. The second-order valence-corrected chi connectivity index (χ2v) is 13.1. The van der Waals surface area contributed by atoms with Gasteiger partial charge in [-0.2, -0.15) is 4.98 Å². The number of amides is 1. The zero-order chi connectivity index (χ0) is 36.7. The molecule has 1 amide bonds. The first kappa shape index (κ1) is 42.1. The summed E-state index contributed by atoms with van der Waals surface area (Å²) in [6.45, 7) is 14.3. The normalized spacial score (nSPS) is 13.9. The second kappa shape index (κ2) is 21.2. The molecule has 0 spiro atoms. The molecule has 0 saturated heterocycles. The highest BCUT2D eigenvalue weighted by molar-refractivity contribution is 7.44. The van der Waals surface area contributed by atoms with Crippen LogP contribution >= 0.6 is 8.53 Å². The van der Waals surface area contributed by atoms with Gasteiger partial charge in [0.2, 0.25) is 11.9 Å². The van der Waals surface area contributed by atoms with E-state index in [9.17, 15) is 19.2 Å². The average Bonchev–Trinajstić information content (AvgIpc) is 3.43. The number of esters is 2. The molecule has 0 aliphatic heterocycles. The van der Waals surface area contributed by atoms with Gasteiger partial charge in [-0.3, -0.25) is 34.0 Å². The number of ether oxygens (including phenoxy) is 6. The maximum absolute atomic E-state index is 12.7. The van der Waals surface area contributed by atoms with Crippen LogP contribution in [0.5, 0.6) is 0 Å². The van der Waals surface area contributed by atoms with E-state index in [1.165, 1.54) is 24.7 Å². The van der Waals surface area contributed by atoms with Crippen LogP contribution in [0.15, 0.2) is 11.1 Å². The number of carbonyl (C=O) groups excluding carboxylic acids is 3. The molecular weight excluding hydrogens is 667 g/mol. The van der Waals surface area contributed by atoms with Crippen LogP contribution in [0.4, 0.5) is 5.95 Å². The molecule has 1 unspecified atom stereocenters. The predicted octanol–water partition coefficient (Wildman–Crippen LogP) is 2.91. The van der Waals surface area contributed by atoms with Crippen molar-refractivity contribution in [3.05, 3.63) is 16.7 Å². The molecule has 0 fully saturated rings. The van der Waals surface area contributed by atoms with Crippen LogP contribution in [0.2, 0.25) is 0 Å². The maximum Gasteiger partial charge on any atom is 0.302 e. The number of nitrogens with zero attached hydrogens (tertiary/aromatic N) is 4. The van der Waals surface area contributed by atoms with Crippen LogP contribution in [-0.2, 0) is 58.6 Å². The minimum atomic E-state index is -1.59. The van der Waals surface area contributed by atoms with Crippen LogP contribution in [0, 0.1) is 5.92 Å². The molecule has 0 saturated carbocycles. The molecule has 0 radical (unpaired) electrons. The maximum atomic E-state index is 12.7. The van der Waals surface area contributed by atoms with Crippen LogP contribution in [0.1, 0.15) is 62.3 Å². The summed E-state index contributed by atoms with van der Waals surface area (Å²) in [5.74, 6) is -1.58. The Labute approximate surface area is 287 Å². The number of H-pyrrole nitrogens is 1. The summed E-state index contributed by atoms with van der Waals surface area (Å²) in [7, 11) is -0.0345. The lowest BCUT2D eigenvalue weighted by Gasteiger charge is -2.38. The number of rotatable bonds is 23. The van der Waals surface area contributed by atoms with Crippen molar-refractivity contribution >= 4 is 43.5 Å². The molecule has 19 heteroatoms. The molecule has 2 aromatic rings. The summed E-state index contributed by atoms with van der Waals surface area (Å²) in [4.78, 5) is 58.3. The van der Waals surface area contributed by atoms with Gasteiger partial charge in [0, 0.05) is 39.0 Å². The van der Waals surface area contributed by atoms with Crippen molar-refractivity contribution in [2.75, 3.05) is 45.5 Å². The Bertz CT molecular complexity index is 1360. The Morgan fingerprint density at radius 1 is 0.918 bits per heavy atom. The van der Waals surface area contributed by atoms with Gasteiger partial charge in [-0.05, 0) is 34.6 Å². The van der Waals surface area contributed by atoms with E-state index in [0.717, 1.165) is 0 Å². The van der Waals surface area contributed by atoms with Gasteiger partial charge in [-0.1, -0.05) is 13.8 Å². The van der Waals surface area contributed by atoms with Gasteiger partial charge in [0.05, 0.1) is 32.3 Å². The minimum Gasteiger partial charge on any atom is -0.463 e. The Hall–Kier alpha value is -3.09. The molecule has 0 bridgehead atoms. The van der Waals surface area contributed by atoms with E-state index >= 15 is 0 Å². The number of fused-ring (bicyclic) bond motifs is 1. The van der Waals surface area contributed by atoms with Gasteiger partial charge in [0.15, 0.2) is 11.2 Å². The van der Waals surface area contributed by atoms with Gasteiger partial charge >= 0.3 is 11.9 Å². The number of carbonyl (C=O) groups is 3. The summed E-state index contributed by atoms with van der Waals surface area (Å²) in [5, 5.41) is 2.59. The van der Waals surface area contributed by atoms with Crippen LogP contribution in [-0.4, -0.2) is 113 Å². The van der Waals surface area contributed by atoms with E-state index < -0.39 is 44.7 Å². The molecule has 278 valence electrons. The van der Waals surface area contributed by atoms with E-state index in [4.69, 9.17) is 37.5 Å². The number of aromatic amines is 1. The Morgan fingerprint density at radius 2 is 1.51 bits per heavy atom. The number of imidazole rings is 1. The van der Waals surface area contributed by atoms with Crippen molar-refractivity contribution in [3.8, 4) is 0 Å². The summed E-state index contributed by atoms with van der Waals surface area (Å²) >= 11 is 0. The molecule has 2 N–H and O–H groups in total. The van der Waals surface area contributed by atoms with Gasteiger partial charge in [0.1, 0.15) is 26.0 Å². The lowest BCUT2D eigenvalue weighted by molar-refractivity contribution is -0.299. The third-order valence-corrected chi connectivity index (χ3v) is 8.62. The first-order valence-electron chi connectivity index (χ1n) is 15.9. The van der Waals surface area contributed by atoms with Crippen molar-refractivity contribution in [2.45, 2.75) is 99.8 Å². The summed E-state index contributed by atoms with van der Waals surface area (Å²) in [6.07, 6.45) is 0.00373. The molecule has 2 aromatic heterocycles. The van der Waals surface area contributed by atoms with E-state index in [1.54, 1.807) is 27.9 Å². The van der Waals surface area contributed by atoms with Gasteiger partial charge in [-0.25, -0.2) is 9.65 Å². The monoisotopic (exact) mass is 718 g/mol.